The minimum Gasteiger partial charge on any atom is -0.331 e. The molecule has 1 fully saturated rings. The van der Waals surface area contributed by atoms with Crippen LogP contribution in [0, 0.1) is 0 Å². The van der Waals surface area contributed by atoms with Gasteiger partial charge in [-0.05, 0) is 24.8 Å². The summed E-state index contributed by atoms with van der Waals surface area (Å²) in [5.41, 5.74) is 6.96. The fourth-order valence-electron chi connectivity index (χ4n) is 2.32. The average Bonchev–Trinajstić information content (AvgIpc) is 2.87. The number of likely N-dealkylation sites (tertiary alicyclic amines) is 1. The predicted molar refractivity (Wildman–Crippen MR) is 68.5 cm³/mol. The molecule has 1 heterocycles. The van der Waals surface area contributed by atoms with E-state index in [0.29, 0.717) is 19.4 Å². The third-order valence-electron chi connectivity index (χ3n) is 3.29. The standard InChI is InChI=1S/C14H17N2O2/c15-13(9-11-5-2-1-3-6-11)14(18)16-8-4-7-12(16)10-17/h1-3,5-6,12-13H,4,7-9,15H2/t12-,13+/m1/s1. The first kappa shape index (κ1) is 12.8. The van der Waals surface area contributed by atoms with Crippen molar-refractivity contribution >= 4 is 12.2 Å². The highest BCUT2D eigenvalue weighted by Crippen LogP contribution is 2.17. The van der Waals surface area contributed by atoms with E-state index in [0.717, 1.165) is 12.0 Å². The van der Waals surface area contributed by atoms with E-state index in [-0.39, 0.29) is 5.91 Å². The number of carbonyl (C=O) groups excluding carboxylic acids is 2. The number of nitrogens with zero attached hydrogens (tertiary/aromatic N) is 1. The Balaban J connectivity index is 1.98. The zero-order valence-electron chi connectivity index (χ0n) is 10.2. The van der Waals surface area contributed by atoms with Crippen LogP contribution in [0.5, 0.6) is 0 Å². The van der Waals surface area contributed by atoms with Crippen LogP contribution in [0.2, 0.25) is 0 Å². The van der Waals surface area contributed by atoms with Gasteiger partial charge in [-0.1, -0.05) is 30.3 Å². The van der Waals surface area contributed by atoms with Gasteiger partial charge in [-0.25, -0.2) is 0 Å². The van der Waals surface area contributed by atoms with E-state index in [4.69, 9.17) is 5.73 Å². The molecule has 95 valence electrons. The van der Waals surface area contributed by atoms with Crippen molar-refractivity contribution in [1.82, 2.24) is 4.90 Å². The van der Waals surface area contributed by atoms with Crippen molar-refractivity contribution in [2.24, 2.45) is 5.73 Å². The number of amides is 1. The molecule has 0 aromatic heterocycles. The second kappa shape index (κ2) is 5.78. The number of rotatable bonds is 4. The maximum Gasteiger partial charge on any atom is 0.240 e. The zero-order valence-corrected chi connectivity index (χ0v) is 10.2. The molecule has 1 aromatic carbocycles. The van der Waals surface area contributed by atoms with Crippen molar-refractivity contribution in [3.63, 3.8) is 0 Å². The van der Waals surface area contributed by atoms with Crippen molar-refractivity contribution in [2.75, 3.05) is 6.54 Å². The van der Waals surface area contributed by atoms with E-state index in [1.165, 1.54) is 0 Å². The van der Waals surface area contributed by atoms with Crippen LogP contribution in [0.25, 0.3) is 0 Å². The van der Waals surface area contributed by atoms with E-state index >= 15 is 0 Å². The van der Waals surface area contributed by atoms with Crippen LogP contribution in [-0.2, 0) is 16.0 Å². The van der Waals surface area contributed by atoms with Crippen molar-refractivity contribution in [1.29, 1.82) is 0 Å². The predicted octanol–water partition coefficient (Wildman–Crippen LogP) is 0.657. The number of hydrogen-bond acceptors (Lipinski definition) is 3. The minimum absolute atomic E-state index is 0.148. The second-order valence-electron chi connectivity index (χ2n) is 4.60. The Hall–Kier alpha value is -1.68. The molecule has 4 nitrogen and oxygen atoms in total. The van der Waals surface area contributed by atoms with E-state index in [9.17, 15) is 9.59 Å². The molecule has 0 bridgehead atoms. The van der Waals surface area contributed by atoms with Gasteiger partial charge in [-0.3, -0.25) is 9.59 Å². The van der Waals surface area contributed by atoms with Gasteiger partial charge < -0.3 is 10.6 Å². The second-order valence-corrected chi connectivity index (χ2v) is 4.60. The van der Waals surface area contributed by atoms with E-state index in [1.807, 2.05) is 36.6 Å². The normalized spacial score (nSPS) is 20.7. The first-order valence-corrected chi connectivity index (χ1v) is 6.20. The van der Waals surface area contributed by atoms with Crippen LogP contribution in [0.1, 0.15) is 18.4 Å². The summed E-state index contributed by atoms with van der Waals surface area (Å²) in [4.78, 5) is 24.4. The average molecular weight is 245 g/mol. The molecule has 2 rings (SSSR count). The minimum atomic E-state index is -0.582. The maximum absolute atomic E-state index is 12.1. The summed E-state index contributed by atoms with van der Waals surface area (Å²) >= 11 is 0. The highest BCUT2D eigenvalue weighted by atomic mass is 16.2. The first-order chi connectivity index (χ1) is 8.72. The summed E-state index contributed by atoms with van der Waals surface area (Å²) in [6.45, 7) is 0.612. The van der Waals surface area contributed by atoms with Crippen LogP contribution in [0.3, 0.4) is 0 Å². The fraction of sp³-hybridized carbons (Fsp3) is 0.429. The van der Waals surface area contributed by atoms with Crippen molar-refractivity contribution in [3.8, 4) is 0 Å². The first-order valence-electron chi connectivity index (χ1n) is 6.20. The Kier molecular flexibility index (Phi) is 4.10. The molecule has 2 atom stereocenters. The number of benzene rings is 1. The largest absolute Gasteiger partial charge is 0.331 e. The molecular formula is C14H17N2O2. The van der Waals surface area contributed by atoms with E-state index in [1.54, 1.807) is 4.90 Å². The van der Waals surface area contributed by atoms with Crippen molar-refractivity contribution < 1.29 is 9.59 Å². The third kappa shape index (κ3) is 2.76. The smallest absolute Gasteiger partial charge is 0.240 e. The van der Waals surface area contributed by atoms with Gasteiger partial charge in [-0.2, -0.15) is 0 Å². The Morgan fingerprint density at radius 1 is 1.44 bits per heavy atom. The maximum atomic E-state index is 12.1. The summed E-state index contributed by atoms with van der Waals surface area (Å²) in [6.07, 6.45) is 3.97. The van der Waals surface area contributed by atoms with Crippen LogP contribution in [0.15, 0.2) is 30.3 Å². The number of carbonyl (C=O) groups is 1. The SMILES string of the molecule is N[C@@H](Cc1ccccc1)C(=O)N1CCC[C@@H]1[C]=O. The summed E-state index contributed by atoms with van der Waals surface area (Å²) in [5.74, 6) is -0.148. The van der Waals surface area contributed by atoms with Gasteiger partial charge in [0.2, 0.25) is 12.2 Å². The molecule has 0 aliphatic carbocycles. The topological polar surface area (TPSA) is 63.4 Å². The Morgan fingerprint density at radius 3 is 2.83 bits per heavy atom. The van der Waals surface area contributed by atoms with Gasteiger partial charge in [-0.15, -0.1) is 0 Å². The molecule has 0 spiro atoms. The molecule has 0 unspecified atom stereocenters. The molecule has 1 aromatic rings. The fourth-order valence-corrected chi connectivity index (χ4v) is 2.32. The van der Waals surface area contributed by atoms with E-state index in [2.05, 4.69) is 0 Å². The number of hydrogen-bond donors (Lipinski definition) is 1. The Morgan fingerprint density at radius 2 is 2.17 bits per heavy atom. The Labute approximate surface area is 107 Å². The van der Waals surface area contributed by atoms with Crippen molar-refractivity contribution in [3.05, 3.63) is 35.9 Å². The molecule has 1 radical (unpaired) electrons. The molecule has 1 saturated heterocycles. The molecule has 1 amide bonds. The molecule has 18 heavy (non-hydrogen) atoms. The van der Waals surface area contributed by atoms with E-state index < -0.39 is 12.1 Å². The van der Waals surface area contributed by atoms with Gasteiger partial charge in [0.05, 0.1) is 12.1 Å². The van der Waals surface area contributed by atoms with Gasteiger partial charge >= 0.3 is 0 Å². The lowest BCUT2D eigenvalue weighted by atomic mass is 10.1. The lowest BCUT2D eigenvalue weighted by Crippen LogP contribution is -2.47. The molecule has 0 saturated carbocycles. The van der Waals surface area contributed by atoms with Gasteiger partial charge in [0.1, 0.15) is 0 Å². The van der Waals surface area contributed by atoms with Gasteiger partial charge in [0.15, 0.2) is 0 Å². The highest BCUT2D eigenvalue weighted by molar-refractivity contribution is 5.85. The molecule has 1 aliphatic heterocycles. The van der Waals surface area contributed by atoms with Gasteiger partial charge in [0.25, 0.3) is 0 Å². The Bertz CT molecular complexity index is 419. The summed E-state index contributed by atoms with van der Waals surface area (Å²) in [7, 11) is 0. The van der Waals surface area contributed by atoms with Crippen LogP contribution < -0.4 is 5.73 Å². The van der Waals surface area contributed by atoms with Gasteiger partial charge in [0, 0.05) is 6.54 Å². The van der Waals surface area contributed by atoms with Crippen LogP contribution in [0.4, 0.5) is 0 Å². The lowest BCUT2D eigenvalue weighted by Gasteiger charge is -2.23. The van der Waals surface area contributed by atoms with Crippen LogP contribution in [-0.4, -0.2) is 35.7 Å². The quantitative estimate of drug-likeness (QED) is 0.847. The lowest BCUT2D eigenvalue weighted by molar-refractivity contribution is -0.132. The molecule has 4 heteroatoms. The number of nitrogens with two attached hydrogens (primary N) is 1. The zero-order chi connectivity index (χ0) is 13.0. The molecule has 2 N–H and O–H groups in total. The summed E-state index contributed by atoms with van der Waals surface area (Å²) in [5, 5.41) is 0. The highest BCUT2D eigenvalue weighted by Gasteiger charge is 2.31. The molecular weight excluding hydrogens is 228 g/mol. The monoisotopic (exact) mass is 245 g/mol. The van der Waals surface area contributed by atoms with Crippen molar-refractivity contribution in [2.45, 2.75) is 31.3 Å². The summed E-state index contributed by atoms with van der Waals surface area (Å²) < 4.78 is 0. The third-order valence-corrected chi connectivity index (χ3v) is 3.29. The molecule has 1 aliphatic rings. The summed E-state index contributed by atoms with van der Waals surface area (Å²) in [6, 6.07) is 8.67. The van der Waals surface area contributed by atoms with Crippen LogP contribution >= 0.6 is 0 Å².